The Morgan fingerprint density at radius 1 is 1.35 bits per heavy atom. The molecule has 2 atom stereocenters. The maximum atomic E-state index is 12.7. The zero-order chi connectivity index (χ0) is 14.9. The fourth-order valence-electron chi connectivity index (χ4n) is 3.04. The molecule has 0 bridgehead atoms. The van der Waals surface area contributed by atoms with Crippen LogP contribution >= 0.6 is 0 Å². The van der Waals surface area contributed by atoms with Gasteiger partial charge >= 0.3 is 6.03 Å². The van der Waals surface area contributed by atoms with Crippen molar-refractivity contribution in [1.29, 1.82) is 0 Å². The molecule has 2 heterocycles. The normalized spacial score (nSPS) is 30.4. The van der Waals surface area contributed by atoms with E-state index in [1.165, 1.54) is 4.90 Å². The maximum absolute atomic E-state index is 12.7. The first kappa shape index (κ1) is 14.9. The summed E-state index contributed by atoms with van der Waals surface area (Å²) in [5, 5.41) is 5.37. The summed E-state index contributed by atoms with van der Waals surface area (Å²) < 4.78 is 0. The van der Waals surface area contributed by atoms with Gasteiger partial charge in [0.15, 0.2) is 11.3 Å². The first-order valence-corrected chi connectivity index (χ1v) is 7.02. The Morgan fingerprint density at radius 3 is 2.70 bits per heavy atom. The van der Waals surface area contributed by atoms with Gasteiger partial charge in [0.25, 0.3) is 5.91 Å². The third-order valence-electron chi connectivity index (χ3n) is 4.23. The van der Waals surface area contributed by atoms with Gasteiger partial charge in [-0.1, -0.05) is 19.8 Å². The van der Waals surface area contributed by atoms with Gasteiger partial charge in [-0.3, -0.25) is 25.1 Å². The van der Waals surface area contributed by atoms with Gasteiger partial charge in [-0.05, 0) is 13.5 Å². The van der Waals surface area contributed by atoms with Gasteiger partial charge < -0.3 is 4.90 Å². The number of unbranched alkanes of at least 4 members (excludes halogenated alkanes) is 2. The van der Waals surface area contributed by atoms with Gasteiger partial charge in [-0.2, -0.15) is 0 Å². The molecule has 0 aromatic carbocycles. The van der Waals surface area contributed by atoms with E-state index >= 15 is 0 Å². The second-order valence-electron chi connectivity index (χ2n) is 5.48. The average molecular weight is 282 g/mol. The van der Waals surface area contributed by atoms with Crippen LogP contribution in [0.15, 0.2) is 0 Å². The summed E-state index contributed by atoms with van der Waals surface area (Å²) >= 11 is 0. The highest BCUT2D eigenvalue weighted by molar-refractivity contribution is 6.17. The largest absolute Gasteiger partial charge is 0.325 e. The van der Waals surface area contributed by atoms with Gasteiger partial charge in [-0.15, -0.1) is 0 Å². The number of rotatable bonds is 5. The Labute approximate surface area is 118 Å². The molecule has 20 heavy (non-hydrogen) atoms. The van der Waals surface area contributed by atoms with Crippen molar-refractivity contribution in [3.05, 3.63) is 0 Å². The molecule has 7 heteroatoms. The van der Waals surface area contributed by atoms with E-state index in [1.807, 2.05) is 0 Å². The number of urea groups is 1. The van der Waals surface area contributed by atoms with E-state index in [9.17, 15) is 14.4 Å². The molecule has 0 radical (unpaired) electrons. The van der Waals surface area contributed by atoms with E-state index in [2.05, 4.69) is 17.6 Å². The Balaban J connectivity index is 2.29. The topological polar surface area (TPSA) is 81.8 Å². The van der Waals surface area contributed by atoms with Crippen LogP contribution in [-0.4, -0.2) is 60.0 Å². The van der Waals surface area contributed by atoms with E-state index in [4.69, 9.17) is 0 Å². The fourth-order valence-corrected chi connectivity index (χ4v) is 3.04. The molecule has 0 aliphatic carbocycles. The highest BCUT2D eigenvalue weighted by Crippen LogP contribution is 2.31. The van der Waals surface area contributed by atoms with Gasteiger partial charge in [0.05, 0.1) is 6.67 Å². The number of hydrogen-bond acceptors (Lipinski definition) is 5. The molecule has 2 N–H and O–H groups in total. The summed E-state index contributed by atoms with van der Waals surface area (Å²) in [6, 6.07) is -0.472. The molecule has 0 spiro atoms. The molecule has 2 aliphatic rings. The Bertz CT molecular complexity index is 439. The van der Waals surface area contributed by atoms with Crippen LogP contribution < -0.4 is 10.6 Å². The van der Waals surface area contributed by atoms with Crippen LogP contribution in [-0.2, 0) is 9.59 Å². The van der Waals surface area contributed by atoms with E-state index in [1.54, 1.807) is 19.0 Å². The van der Waals surface area contributed by atoms with Crippen LogP contribution in [0.3, 0.4) is 0 Å². The molecule has 2 saturated heterocycles. The van der Waals surface area contributed by atoms with Crippen molar-refractivity contribution >= 4 is 17.7 Å². The Kier molecular flexibility index (Phi) is 4.10. The van der Waals surface area contributed by atoms with Gasteiger partial charge in [0, 0.05) is 13.5 Å². The lowest BCUT2D eigenvalue weighted by Gasteiger charge is -2.43. The maximum Gasteiger partial charge on any atom is 0.325 e. The summed E-state index contributed by atoms with van der Waals surface area (Å²) in [6.07, 6.45) is 2.50. The lowest BCUT2D eigenvalue weighted by atomic mass is 9.84. The summed E-state index contributed by atoms with van der Waals surface area (Å²) in [7, 11) is 3.32. The van der Waals surface area contributed by atoms with Gasteiger partial charge in [0.1, 0.15) is 6.17 Å². The number of likely N-dealkylation sites (N-methyl/N-ethyl adjacent to an activating group) is 2. The quantitative estimate of drug-likeness (QED) is 0.542. The number of fused-ring (bicyclic) bond motifs is 1. The van der Waals surface area contributed by atoms with Crippen molar-refractivity contribution < 1.29 is 14.4 Å². The van der Waals surface area contributed by atoms with Crippen LogP contribution in [0, 0.1) is 0 Å². The molecule has 2 fully saturated rings. The average Bonchev–Trinajstić information content (AvgIpc) is 2.75. The lowest BCUT2D eigenvalue weighted by Crippen LogP contribution is -2.75. The zero-order valence-electron chi connectivity index (χ0n) is 12.2. The SMILES string of the molecule is CCCCCC(=O)C12C(=O)NC(=O)N(C)C1NCN2C. The molecule has 2 aliphatic heterocycles. The van der Waals surface area contributed by atoms with Gasteiger partial charge in [-0.25, -0.2) is 4.79 Å². The van der Waals surface area contributed by atoms with E-state index in [-0.39, 0.29) is 5.78 Å². The first-order chi connectivity index (χ1) is 9.46. The molecule has 7 nitrogen and oxygen atoms in total. The second-order valence-corrected chi connectivity index (χ2v) is 5.48. The number of nitrogens with one attached hydrogen (secondary N) is 2. The van der Waals surface area contributed by atoms with Crippen molar-refractivity contribution in [3.8, 4) is 0 Å². The summed E-state index contributed by atoms with van der Waals surface area (Å²) in [6.45, 7) is 2.46. The summed E-state index contributed by atoms with van der Waals surface area (Å²) in [5.74, 6) is -0.639. The number of imide groups is 1. The van der Waals surface area contributed by atoms with Crippen molar-refractivity contribution in [2.45, 2.75) is 44.3 Å². The van der Waals surface area contributed by atoms with Crippen LogP contribution in [0.2, 0.25) is 0 Å². The fraction of sp³-hybridized carbons (Fsp3) is 0.769. The molecular weight excluding hydrogens is 260 g/mol. The number of amides is 3. The Morgan fingerprint density at radius 2 is 2.05 bits per heavy atom. The van der Waals surface area contributed by atoms with Crippen molar-refractivity contribution in [3.63, 3.8) is 0 Å². The molecular formula is C13H22N4O3. The minimum absolute atomic E-state index is 0.125. The highest BCUT2D eigenvalue weighted by Gasteiger charge is 2.63. The second kappa shape index (κ2) is 5.49. The van der Waals surface area contributed by atoms with E-state index in [0.717, 1.165) is 19.3 Å². The molecule has 0 saturated carbocycles. The standard InChI is InChI=1S/C13H22N4O3/c1-4-5-6-7-9(18)13-10(14-8-16(13)2)17(3)12(20)15-11(13)19/h10,14H,4-8H2,1-3H3,(H,15,19,20). The van der Waals surface area contributed by atoms with Crippen LogP contribution in [0.5, 0.6) is 0 Å². The summed E-state index contributed by atoms with van der Waals surface area (Å²) in [4.78, 5) is 39.8. The van der Waals surface area contributed by atoms with Crippen molar-refractivity contribution in [1.82, 2.24) is 20.4 Å². The number of carbonyl (C=O) groups excluding carboxylic acids is 3. The van der Waals surface area contributed by atoms with Crippen molar-refractivity contribution in [2.75, 3.05) is 20.8 Å². The predicted molar refractivity (Wildman–Crippen MR) is 72.7 cm³/mol. The number of Topliss-reactive ketones (excluding diaryl/α,β-unsaturated/α-hetero) is 1. The molecule has 112 valence electrons. The highest BCUT2D eigenvalue weighted by atomic mass is 16.2. The van der Waals surface area contributed by atoms with Crippen molar-refractivity contribution in [2.24, 2.45) is 0 Å². The lowest BCUT2D eigenvalue weighted by molar-refractivity contribution is -0.146. The number of nitrogens with zero attached hydrogens (tertiary/aromatic N) is 2. The third-order valence-corrected chi connectivity index (χ3v) is 4.23. The summed E-state index contributed by atoms with van der Waals surface area (Å²) in [5.41, 5.74) is -1.30. The number of ketones is 1. The molecule has 0 aromatic rings. The van der Waals surface area contributed by atoms with Crippen LogP contribution in [0.4, 0.5) is 4.79 Å². The first-order valence-electron chi connectivity index (χ1n) is 7.02. The predicted octanol–water partition coefficient (Wildman–Crippen LogP) is -0.125. The van der Waals surface area contributed by atoms with E-state index in [0.29, 0.717) is 13.1 Å². The minimum Gasteiger partial charge on any atom is -0.309 e. The van der Waals surface area contributed by atoms with Crippen LogP contribution in [0.1, 0.15) is 32.6 Å². The number of carbonyl (C=O) groups is 3. The minimum atomic E-state index is -1.30. The zero-order valence-corrected chi connectivity index (χ0v) is 12.2. The Hall–Kier alpha value is -1.47. The number of hydrogen-bond donors (Lipinski definition) is 2. The monoisotopic (exact) mass is 282 g/mol. The molecule has 2 unspecified atom stereocenters. The smallest absolute Gasteiger partial charge is 0.309 e. The molecule has 0 aromatic heterocycles. The van der Waals surface area contributed by atoms with Gasteiger partial charge in [0.2, 0.25) is 0 Å². The third kappa shape index (κ3) is 2.01. The van der Waals surface area contributed by atoms with E-state index < -0.39 is 23.6 Å². The molecule has 3 amide bonds. The van der Waals surface area contributed by atoms with Crippen LogP contribution in [0.25, 0.3) is 0 Å². The molecule has 2 rings (SSSR count).